The smallest absolute Gasteiger partial charge is 0.384 e. The number of carbonyl (C=O) groups is 1. The Hall–Kier alpha value is -2.71. The molecule has 0 aromatic heterocycles. The lowest BCUT2D eigenvalue weighted by Crippen LogP contribution is -2.54. The number of hydrogen-bond donors (Lipinski definition) is 1. The fourth-order valence-corrected chi connectivity index (χ4v) is 8.07. The standard InChI is InChI=1S/C28H30F7NO5S/c1-41-16-18-2-4-19(5-3-18)24(37)36-15-14-25(17-36,42(39,40)23-12-10-22(29)11-13-23)20-6-8-21(9-7-20)26(38,27(30,31)32)28(33,34)35/h6-13,18-19,38H,2-5,14-17H2,1H3. The number of methoxy groups -OCH3 is 1. The topological polar surface area (TPSA) is 83.9 Å². The van der Waals surface area contributed by atoms with Crippen molar-refractivity contribution in [2.75, 3.05) is 26.8 Å². The molecule has 6 nitrogen and oxygen atoms in total. The van der Waals surface area contributed by atoms with Crippen molar-refractivity contribution < 1.29 is 53.8 Å². The van der Waals surface area contributed by atoms with Gasteiger partial charge in [0.05, 0.1) is 4.90 Å². The molecule has 2 aliphatic rings. The summed E-state index contributed by atoms with van der Waals surface area (Å²) < 4.78 is 126. The van der Waals surface area contributed by atoms with Crippen molar-refractivity contribution >= 4 is 15.7 Å². The number of amides is 1. The third kappa shape index (κ3) is 5.52. The molecule has 1 amide bonds. The van der Waals surface area contributed by atoms with Crippen LogP contribution in [-0.2, 0) is 29.7 Å². The molecule has 2 fully saturated rings. The van der Waals surface area contributed by atoms with Gasteiger partial charge in [0.2, 0.25) is 5.91 Å². The summed E-state index contributed by atoms with van der Waals surface area (Å²) in [4.78, 5) is 14.5. The summed E-state index contributed by atoms with van der Waals surface area (Å²) in [5, 5.41) is 9.79. The maximum absolute atomic E-state index is 14.0. The van der Waals surface area contributed by atoms with Crippen LogP contribution in [0.3, 0.4) is 0 Å². The molecule has 1 saturated heterocycles. The molecule has 0 radical (unpaired) electrons. The first-order chi connectivity index (χ1) is 19.5. The third-order valence-electron chi connectivity index (χ3n) is 8.43. The first-order valence-corrected chi connectivity index (χ1v) is 14.7. The van der Waals surface area contributed by atoms with Gasteiger partial charge in [-0.05, 0) is 67.9 Å². The van der Waals surface area contributed by atoms with Crippen LogP contribution in [0.15, 0.2) is 53.4 Å². The predicted octanol–water partition coefficient (Wildman–Crippen LogP) is 5.49. The van der Waals surface area contributed by atoms with E-state index in [0.717, 1.165) is 49.2 Å². The van der Waals surface area contributed by atoms with Crippen LogP contribution in [-0.4, -0.2) is 63.5 Å². The second kappa shape index (κ2) is 11.4. The van der Waals surface area contributed by atoms with Gasteiger partial charge in [-0.2, -0.15) is 26.3 Å². The highest BCUT2D eigenvalue weighted by molar-refractivity contribution is 7.92. The third-order valence-corrected chi connectivity index (χ3v) is 10.9. The Labute approximate surface area is 238 Å². The highest BCUT2D eigenvalue weighted by atomic mass is 32.2. The van der Waals surface area contributed by atoms with Crippen molar-refractivity contribution in [1.29, 1.82) is 0 Å². The Bertz CT molecular complexity index is 1360. The molecule has 2 aromatic rings. The van der Waals surface area contributed by atoms with Crippen molar-refractivity contribution in [1.82, 2.24) is 4.90 Å². The van der Waals surface area contributed by atoms with Gasteiger partial charge in [-0.25, -0.2) is 12.8 Å². The first kappa shape index (κ1) is 32.2. The molecule has 1 atom stereocenters. The van der Waals surface area contributed by atoms with E-state index in [0.29, 0.717) is 37.5 Å². The van der Waals surface area contributed by atoms with Gasteiger partial charge in [-0.1, -0.05) is 24.3 Å². The van der Waals surface area contributed by atoms with Crippen molar-refractivity contribution in [3.05, 3.63) is 65.5 Å². The molecule has 42 heavy (non-hydrogen) atoms. The van der Waals surface area contributed by atoms with Crippen LogP contribution in [0, 0.1) is 17.7 Å². The van der Waals surface area contributed by atoms with Crippen LogP contribution in [0.2, 0.25) is 0 Å². The minimum Gasteiger partial charge on any atom is -0.384 e. The van der Waals surface area contributed by atoms with Crippen LogP contribution in [0.1, 0.15) is 43.2 Å². The fourth-order valence-electron chi connectivity index (χ4n) is 5.99. The SMILES string of the molecule is COCC1CCC(C(=O)N2CCC(c3ccc(C(O)(C(F)(F)F)C(F)(F)F)cc3)(S(=O)(=O)c3ccc(F)cc3)C2)CC1. The monoisotopic (exact) mass is 625 g/mol. The zero-order chi connectivity index (χ0) is 31.1. The molecule has 1 aliphatic carbocycles. The molecule has 0 spiro atoms. The Morgan fingerprint density at radius 2 is 1.50 bits per heavy atom. The Kier molecular flexibility index (Phi) is 8.76. The van der Waals surface area contributed by atoms with E-state index in [9.17, 15) is 49.1 Å². The van der Waals surface area contributed by atoms with Gasteiger partial charge >= 0.3 is 12.4 Å². The molecule has 4 rings (SSSR count). The van der Waals surface area contributed by atoms with E-state index < -0.39 is 50.5 Å². The van der Waals surface area contributed by atoms with Gasteiger partial charge in [0.15, 0.2) is 9.84 Å². The largest absolute Gasteiger partial charge is 0.430 e. The van der Waals surface area contributed by atoms with Crippen molar-refractivity contribution in [3.8, 4) is 0 Å². The van der Waals surface area contributed by atoms with Crippen LogP contribution >= 0.6 is 0 Å². The molecule has 14 heteroatoms. The summed E-state index contributed by atoms with van der Waals surface area (Å²) in [5.41, 5.74) is -6.90. The summed E-state index contributed by atoms with van der Waals surface area (Å²) in [6.45, 7) is 0.108. The second-order valence-corrected chi connectivity index (χ2v) is 13.2. The molecule has 1 aliphatic heterocycles. The minimum atomic E-state index is -6.12. The lowest BCUT2D eigenvalue weighted by Gasteiger charge is -2.34. The zero-order valence-corrected chi connectivity index (χ0v) is 23.3. The number of rotatable bonds is 7. The van der Waals surface area contributed by atoms with Crippen LogP contribution in [0.5, 0.6) is 0 Å². The minimum absolute atomic E-state index is 0.0337. The molecule has 232 valence electrons. The fraction of sp³-hybridized carbons (Fsp3) is 0.536. The second-order valence-electron chi connectivity index (χ2n) is 10.9. The van der Waals surface area contributed by atoms with Gasteiger partial charge in [-0.3, -0.25) is 4.79 Å². The highest BCUT2D eigenvalue weighted by Gasteiger charge is 2.71. The Morgan fingerprint density at radius 1 is 0.952 bits per heavy atom. The van der Waals surface area contributed by atoms with E-state index in [2.05, 4.69) is 0 Å². The van der Waals surface area contributed by atoms with Gasteiger partial charge in [0.25, 0.3) is 5.60 Å². The zero-order valence-electron chi connectivity index (χ0n) is 22.5. The number of benzene rings is 2. The molecule has 1 N–H and O–H groups in total. The molecule has 2 aromatic carbocycles. The van der Waals surface area contributed by atoms with Crippen LogP contribution < -0.4 is 0 Å². The molecule has 1 unspecified atom stereocenters. The molecule has 1 saturated carbocycles. The van der Waals surface area contributed by atoms with E-state index in [1.807, 2.05) is 0 Å². The summed E-state index contributed by atoms with van der Waals surface area (Å²) in [7, 11) is -2.89. The number of ether oxygens (including phenoxy) is 1. The maximum Gasteiger partial charge on any atom is 0.430 e. The van der Waals surface area contributed by atoms with Gasteiger partial charge < -0.3 is 14.7 Å². The Morgan fingerprint density at radius 3 is 2.00 bits per heavy atom. The lowest BCUT2D eigenvalue weighted by molar-refractivity contribution is -0.376. The normalized spacial score (nSPS) is 24.2. The number of halogens is 7. The number of aliphatic hydroxyl groups is 1. The molecule has 1 heterocycles. The number of alkyl halides is 6. The Balaban J connectivity index is 1.73. The van der Waals surface area contributed by atoms with E-state index in [1.54, 1.807) is 7.11 Å². The van der Waals surface area contributed by atoms with Crippen molar-refractivity contribution in [2.24, 2.45) is 11.8 Å². The predicted molar refractivity (Wildman–Crippen MR) is 136 cm³/mol. The first-order valence-electron chi connectivity index (χ1n) is 13.2. The van der Waals surface area contributed by atoms with Gasteiger partial charge in [-0.15, -0.1) is 0 Å². The van der Waals surface area contributed by atoms with E-state index in [1.165, 1.54) is 4.90 Å². The van der Waals surface area contributed by atoms with E-state index in [-0.39, 0.29) is 35.2 Å². The number of carbonyl (C=O) groups excluding carboxylic acids is 1. The summed E-state index contributed by atoms with van der Waals surface area (Å²) in [5.74, 6) is -1.10. The number of likely N-dealkylation sites (tertiary alicyclic amines) is 1. The van der Waals surface area contributed by atoms with E-state index in [4.69, 9.17) is 4.74 Å². The van der Waals surface area contributed by atoms with Crippen LogP contribution in [0.4, 0.5) is 30.7 Å². The molecular formula is C28H30F7NO5S. The highest BCUT2D eigenvalue weighted by Crippen LogP contribution is 2.51. The average molecular weight is 626 g/mol. The number of nitrogens with zero attached hydrogens (tertiary/aromatic N) is 1. The molecule has 0 bridgehead atoms. The lowest BCUT2D eigenvalue weighted by atomic mass is 9.81. The average Bonchev–Trinajstić information content (AvgIpc) is 3.39. The number of hydrogen-bond acceptors (Lipinski definition) is 5. The summed E-state index contributed by atoms with van der Waals surface area (Å²) in [6, 6.07) is 6.20. The van der Waals surface area contributed by atoms with Crippen molar-refractivity contribution in [3.63, 3.8) is 0 Å². The van der Waals surface area contributed by atoms with Crippen molar-refractivity contribution in [2.45, 2.75) is 59.7 Å². The summed E-state index contributed by atoms with van der Waals surface area (Å²) >= 11 is 0. The number of sulfone groups is 1. The quantitative estimate of drug-likeness (QED) is 0.325. The van der Waals surface area contributed by atoms with Gasteiger partial charge in [0.1, 0.15) is 10.6 Å². The van der Waals surface area contributed by atoms with Gasteiger partial charge in [0, 0.05) is 38.3 Å². The molecular weight excluding hydrogens is 595 g/mol. The summed E-state index contributed by atoms with van der Waals surface area (Å²) in [6.07, 6.45) is -9.86. The van der Waals surface area contributed by atoms with E-state index >= 15 is 0 Å². The maximum atomic E-state index is 14.0. The van der Waals surface area contributed by atoms with Crippen LogP contribution in [0.25, 0.3) is 0 Å².